The number of nitrogens with zero attached hydrogens (tertiary/aromatic N) is 4. The van der Waals surface area contributed by atoms with Crippen molar-refractivity contribution in [2.75, 3.05) is 26.7 Å². The summed E-state index contributed by atoms with van der Waals surface area (Å²) >= 11 is 0. The van der Waals surface area contributed by atoms with Crippen LogP contribution < -0.4 is 5.73 Å². The van der Waals surface area contributed by atoms with Crippen molar-refractivity contribution in [3.8, 4) is 0 Å². The van der Waals surface area contributed by atoms with Crippen molar-refractivity contribution in [2.24, 2.45) is 12.8 Å². The topological polar surface area (TPSA) is 50.3 Å². The number of aromatic nitrogens is 2. The fraction of sp³-hybridized carbons (Fsp3) is 0.800. The molecule has 2 fully saturated rings. The molecule has 2 aliphatic rings. The Bertz CT molecular complexity index is 469. The highest BCUT2D eigenvalue weighted by atomic mass is 15.3. The predicted octanol–water partition coefficient (Wildman–Crippen LogP) is 0.897. The molecule has 0 amide bonds. The second-order valence-electron chi connectivity index (χ2n) is 6.43. The molecule has 2 saturated heterocycles. The summed E-state index contributed by atoms with van der Waals surface area (Å²) in [6, 6.07) is 1.79. The molecule has 2 bridgehead atoms. The number of fused-ring (bicyclic) bond motifs is 2. The first-order chi connectivity index (χ1) is 9.60. The minimum Gasteiger partial charge on any atom is -0.329 e. The average molecular weight is 277 g/mol. The molecule has 1 aromatic heterocycles. The van der Waals surface area contributed by atoms with E-state index in [0.717, 1.165) is 24.8 Å². The fourth-order valence-electron chi connectivity index (χ4n) is 4.04. The smallest absolute Gasteiger partial charge is 0.0641 e. The molecular weight excluding hydrogens is 250 g/mol. The summed E-state index contributed by atoms with van der Waals surface area (Å²) in [4.78, 5) is 5.17. The van der Waals surface area contributed by atoms with E-state index < -0.39 is 0 Å². The van der Waals surface area contributed by atoms with Crippen LogP contribution in [0.3, 0.4) is 0 Å². The van der Waals surface area contributed by atoms with Gasteiger partial charge in [0.25, 0.3) is 0 Å². The molecule has 3 unspecified atom stereocenters. The Balaban J connectivity index is 1.81. The van der Waals surface area contributed by atoms with E-state index in [-0.39, 0.29) is 0 Å². The second kappa shape index (κ2) is 5.47. The molecule has 0 radical (unpaired) electrons. The first-order valence-corrected chi connectivity index (χ1v) is 7.76. The largest absolute Gasteiger partial charge is 0.329 e. The summed E-state index contributed by atoms with van der Waals surface area (Å²) in [6.45, 7) is 5.06. The fourth-order valence-corrected chi connectivity index (χ4v) is 4.04. The van der Waals surface area contributed by atoms with E-state index in [1.165, 1.54) is 24.8 Å². The quantitative estimate of drug-likeness (QED) is 0.892. The molecule has 112 valence electrons. The number of rotatable bonds is 3. The Morgan fingerprint density at radius 2 is 2.05 bits per heavy atom. The lowest BCUT2D eigenvalue weighted by Crippen LogP contribution is -2.40. The van der Waals surface area contributed by atoms with Crippen molar-refractivity contribution in [2.45, 2.75) is 44.3 Å². The number of likely N-dealkylation sites (N-methyl/N-ethyl adjacent to an activating group) is 1. The zero-order valence-electron chi connectivity index (χ0n) is 12.9. The maximum atomic E-state index is 6.11. The monoisotopic (exact) mass is 277 g/mol. The van der Waals surface area contributed by atoms with Gasteiger partial charge in [-0.05, 0) is 33.2 Å². The minimum atomic E-state index is 0.316. The van der Waals surface area contributed by atoms with Gasteiger partial charge in [-0.2, -0.15) is 5.10 Å². The number of likely N-dealkylation sites (tertiary alicyclic amines) is 1. The second-order valence-corrected chi connectivity index (χ2v) is 6.43. The van der Waals surface area contributed by atoms with Gasteiger partial charge in [-0.25, -0.2) is 0 Å². The van der Waals surface area contributed by atoms with Crippen molar-refractivity contribution >= 4 is 0 Å². The number of nitrogens with two attached hydrogens (primary N) is 1. The third-order valence-electron chi connectivity index (χ3n) is 5.25. The van der Waals surface area contributed by atoms with E-state index in [1.54, 1.807) is 0 Å². The third-order valence-corrected chi connectivity index (χ3v) is 5.25. The SMILES string of the molecule is Cc1nn(C)cc1C(CN)N1CCC2CCC(C1)N2C. The molecule has 0 aliphatic carbocycles. The molecular formula is C15H27N5. The Hall–Kier alpha value is -0.910. The van der Waals surface area contributed by atoms with Crippen LogP contribution in [0.15, 0.2) is 6.20 Å². The number of hydrogen-bond donors (Lipinski definition) is 1. The van der Waals surface area contributed by atoms with Crippen molar-refractivity contribution in [1.82, 2.24) is 19.6 Å². The molecule has 3 atom stereocenters. The first-order valence-electron chi connectivity index (χ1n) is 7.76. The van der Waals surface area contributed by atoms with Gasteiger partial charge >= 0.3 is 0 Å². The van der Waals surface area contributed by atoms with E-state index in [9.17, 15) is 0 Å². The number of aryl methyl sites for hydroxylation is 2. The zero-order valence-corrected chi connectivity index (χ0v) is 12.9. The normalized spacial score (nSPS) is 29.6. The van der Waals surface area contributed by atoms with Crippen molar-refractivity contribution < 1.29 is 0 Å². The van der Waals surface area contributed by atoms with Crippen LogP contribution in [0, 0.1) is 6.92 Å². The van der Waals surface area contributed by atoms with Crippen LogP contribution in [-0.4, -0.2) is 58.3 Å². The van der Waals surface area contributed by atoms with Gasteiger partial charge in [-0.15, -0.1) is 0 Å². The minimum absolute atomic E-state index is 0.316. The van der Waals surface area contributed by atoms with Crippen LogP contribution in [0.5, 0.6) is 0 Å². The molecule has 3 rings (SSSR count). The molecule has 0 aromatic carbocycles. The van der Waals surface area contributed by atoms with E-state index in [1.807, 2.05) is 11.7 Å². The molecule has 5 nitrogen and oxygen atoms in total. The highest BCUT2D eigenvalue weighted by molar-refractivity contribution is 5.21. The van der Waals surface area contributed by atoms with Crippen LogP contribution in [0.1, 0.15) is 36.6 Å². The van der Waals surface area contributed by atoms with Gasteiger partial charge in [0, 0.05) is 50.5 Å². The Labute approximate surface area is 121 Å². The molecule has 20 heavy (non-hydrogen) atoms. The molecule has 2 N–H and O–H groups in total. The van der Waals surface area contributed by atoms with Crippen molar-refractivity contribution in [3.05, 3.63) is 17.5 Å². The summed E-state index contributed by atoms with van der Waals surface area (Å²) in [6.07, 6.45) is 6.11. The van der Waals surface area contributed by atoms with Crippen molar-refractivity contribution in [3.63, 3.8) is 0 Å². The van der Waals surface area contributed by atoms with Gasteiger partial charge in [-0.3, -0.25) is 14.5 Å². The van der Waals surface area contributed by atoms with Crippen LogP contribution in [0.4, 0.5) is 0 Å². The lowest BCUT2D eigenvalue weighted by molar-refractivity contribution is 0.174. The highest BCUT2D eigenvalue weighted by Crippen LogP contribution is 2.32. The van der Waals surface area contributed by atoms with Crippen LogP contribution in [0.25, 0.3) is 0 Å². The van der Waals surface area contributed by atoms with Crippen molar-refractivity contribution in [1.29, 1.82) is 0 Å². The van der Waals surface area contributed by atoms with Crippen LogP contribution in [-0.2, 0) is 7.05 Å². The Morgan fingerprint density at radius 1 is 1.30 bits per heavy atom. The first kappa shape index (κ1) is 14.0. The van der Waals surface area contributed by atoms with Gasteiger partial charge < -0.3 is 5.73 Å². The maximum Gasteiger partial charge on any atom is 0.0641 e. The molecule has 2 aliphatic heterocycles. The van der Waals surface area contributed by atoms with E-state index in [0.29, 0.717) is 18.6 Å². The average Bonchev–Trinajstić information content (AvgIpc) is 2.84. The van der Waals surface area contributed by atoms with Crippen LogP contribution >= 0.6 is 0 Å². The third kappa shape index (κ3) is 2.38. The van der Waals surface area contributed by atoms with Gasteiger partial charge in [0.05, 0.1) is 11.7 Å². The van der Waals surface area contributed by atoms with E-state index >= 15 is 0 Å². The predicted molar refractivity (Wildman–Crippen MR) is 80.5 cm³/mol. The molecule has 3 heterocycles. The molecule has 0 saturated carbocycles. The van der Waals surface area contributed by atoms with Gasteiger partial charge in [-0.1, -0.05) is 0 Å². The summed E-state index contributed by atoms with van der Waals surface area (Å²) in [5, 5.41) is 4.49. The number of hydrogen-bond acceptors (Lipinski definition) is 4. The lowest BCUT2D eigenvalue weighted by atomic mass is 10.0. The summed E-state index contributed by atoms with van der Waals surface area (Å²) in [5.41, 5.74) is 8.52. The Morgan fingerprint density at radius 3 is 2.70 bits per heavy atom. The standard InChI is InChI=1S/C15H27N5/c1-11-14(10-18(2)17-11)15(8-16)20-7-6-12-4-5-13(9-20)19(12)3/h10,12-13,15H,4-9,16H2,1-3H3. The lowest BCUT2D eigenvalue weighted by Gasteiger charge is -2.32. The summed E-state index contributed by atoms with van der Waals surface area (Å²) in [5.74, 6) is 0. The molecule has 1 aromatic rings. The van der Waals surface area contributed by atoms with Crippen LogP contribution in [0.2, 0.25) is 0 Å². The Kier molecular flexibility index (Phi) is 3.84. The van der Waals surface area contributed by atoms with Gasteiger partial charge in [0.15, 0.2) is 0 Å². The van der Waals surface area contributed by atoms with Gasteiger partial charge in [0.1, 0.15) is 0 Å². The summed E-state index contributed by atoms with van der Waals surface area (Å²) in [7, 11) is 4.28. The molecule has 0 spiro atoms. The summed E-state index contributed by atoms with van der Waals surface area (Å²) < 4.78 is 1.91. The van der Waals surface area contributed by atoms with E-state index in [2.05, 4.69) is 35.1 Å². The van der Waals surface area contributed by atoms with Gasteiger partial charge in [0.2, 0.25) is 0 Å². The maximum absolute atomic E-state index is 6.11. The van der Waals surface area contributed by atoms with E-state index in [4.69, 9.17) is 5.73 Å². The highest BCUT2D eigenvalue weighted by Gasteiger charge is 2.37. The molecule has 5 heteroatoms. The zero-order chi connectivity index (χ0) is 14.3.